The summed E-state index contributed by atoms with van der Waals surface area (Å²) in [7, 11) is 0. The summed E-state index contributed by atoms with van der Waals surface area (Å²) in [6.45, 7) is 0.859. The highest BCUT2D eigenvalue weighted by Gasteiger charge is 2.16. The van der Waals surface area contributed by atoms with Crippen LogP contribution in [0.25, 0.3) is 0 Å². The minimum atomic E-state index is 0.0828. The average molecular weight is 167 g/mol. The van der Waals surface area contributed by atoms with Crippen LogP contribution in [0, 0.1) is 0 Å². The molecule has 1 heterocycles. The number of ether oxygens (including phenoxy) is 2. The van der Waals surface area contributed by atoms with E-state index in [2.05, 4.69) is 15.9 Å². The minimum Gasteiger partial charge on any atom is -0.352 e. The Morgan fingerprint density at radius 2 is 2.57 bits per heavy atom. The van der Waals surface area contributed by atoms with Crippen LogP contribution in [-0.4, -0.2) is 18.4 Å². The van der Waals surface area contributed by atoms with E-state index in [0.29, 0.717) is 5.52 Å². The predicted molar refractivity (Wildman–Crippen MR) is 29.2 cm³/mol. The van der Waals surface area contributed by atoms with E-state index in [-0.39, 0.29) is 6.29 Å². The molecular formula is C4H7BrO2. The number of hydrogen-bond donors (Lipinski definition) is 0. The van der Waals surface area contributed by atoms with Crippen molar-refractivity contribution in [3.63, 3.8) is 0 Å². The van der Waals surface area contributed by atoms with Crippen LogP contribution in [0.2, 0.25) is 0 Å². The molecule has 0 aliphatic carbocycles. The lowest BCUT2D eigenvalue weighted by molar-refractivity contribution is -0.203. The Morgan fingerprint density at radius 3 is 2.71 bits per heavy atom. The fourth-order valence-corrected chi connectivity index (χ4v) is 0.711. The second-order valence-electron chi connectivity index (χ2n) is 1.36. The predicted octanol–water partition coefficient (Wildman–Crippen LogP) is 1.10. The smallest absolute Gasteiger partial charge is 0.160 e. The van der Waals surface area contributed by atoms with Gasteiger partial charge in [0.25, 0.3) is 0 Å². The molecule has 1 aliphatic heterocycles. The first kappa shape index (κ1) is 5.54. The molecule has 0 saturated carbocycles. The summed E-state index contributed by atoms with van der Waals surface area (Å²) in [5.41, 5.74) is 0.581. The normalized spacial score (nSPS) is 29.6. The molecule has 0 radical (unpaired) electrons. The minimum absolute atomic E-state index is 0.0828. The van der Waals surface area contributed by atoms with Gasteiger partial charge in [0.1, 0.15) is 5.52 Å². The Hall–Kier alpha value is 0.400. The fourth-order valence-electron chi connectivity index (χ4n) is 0.416. The number of hydrogen-bond acceptors (Lipinski definition) is 2. The molecule has 0 N–H and O–H groups in total. The molecule has 1 atom stereocenters. The Kier molecular flexibility index (Phi) is 2.09. The third-order valence-electron chi connectivity index (χ3n) is 0.906. The molecule has 0 amide bonds. The molecule has 0 aromatic heterocycles. The third-order valence-corrected chi connectivity index (χ3v) is 1.17. The lowest BCUT2D eigenvalue weighted by atomic mass is 10.3. The Bertz CT molecular complexity index is 53.7. The van der Waals surface area contributed by atoms with Gasteiger partial charge in [-0.05, 0) is 0 Å². The molecule has 7 heavy (non-hydrogen) atoms. The molecule has 3 heteroatoms. The third kappa shape index (κ3) is 1.40. The van der Waals surface area contributed by atoms with Crippen LogP contribution in [0.3, 0.4) is 0 Å². The molecule has 1 unspecified atom stereocenters. The van der Waals surface area contributed by atoms with Gasteiger partial charge < -0.3 is 9.47 Å². The van der Waals surface area contributed by atoms with Gasteiger partial charge in [-0.3, -0.25) is 0 Å². The molecule has 42 valence electrons. The molecule has 0 spiro atoms. The Balaban J connectivity index is 1.93. The second-order valence-corrected chi connectivity index (χ2v) is 1.82. The summed E-state index contributed by atoms with van der Waals surface area (Å²) in [5, 5.41) is 0. The van der Waals surface area contributed by atoms with E-state index < -0.39 is 0 Å². The van der Waals surface area contributed by atoms with E-state index in [1.165, 1.54) is 0 Å². The van der Waals surface area contributed by atoms with Gasteiger partial charge in [-0.1, -0.05) is 15.9 Å². The maximum Gasteiger partial charge on any atom is 0.160 e. The van der Waals surface area contributed by atoms with Crippen molar-refractivity contribution in [1.82, 2.24) is 0 Å². The monoisotopic (exact) mass is 166 g/mol. The van der Waals surface area contributed by atoms with Gasteiger partial charge in [0.2, 0.25) is 0 Å². The highest BCUT2D eigenvalue weighted by atomic mass is 79.9. The van der Waals surface area contributed by atoms with Crippen LogP contribution < -0.4 is 0 Å². The first-order chi connectivity index (χ1) is 3.43. The van der Waals surface area contributed by atoms with E-state index in [4.69, 9.17) is 9.47 Å². The van der Waals surface area contributed by atoms with E-state index >= 15 is 0 Å². The zero-order valence-electron chi connectivity index (χ0n) is 3.89. The maximum atomic E-state index is 4.97. The average Bonchev–Trinajstić information content (AvgIpc) is 1.55. The maximum absolute atomic E-state index is 4.97. The van der Waals surface area contributed by atoms with Gasteiger partial charge in [-0.25, -0.2) is 0 Å². The van der Waals surface area contributed by atoms with Gasteiger partial charge >= 0.3 is 0 Å². The van der Waals surface area contributed by atoms with Crippen LogP contribution in [0.1, 0.15) is 6.42 Å². The van der Waals surface area contributed by atoms with Crippen LogP contribution in [0.15, 0.2) is 0 Å². The molecular weight excluding hydrogens is 160 g/mol. The topological polar surface area (TPSA) is 18.5 Å². The standard InChI is InChI=1S/C4H7BrO2/c5-3-7-4-1-2-6-4/h4H,1-3H2. The molecule has 1 rings (SSSR count). The SMILES string of the molecule is BrCOC1CCO1. The van der Waals surface area contributed by atoms with Crippen LogP contribution in [0.5, 0.6) is 0 Å². The van der Waals surface area contributed by atoms with Crippen molar-refractivity contribution in [2.45, 2.75) is 12.7 Å². The highest BCUT2D eigenvalue weighted by Crippen LogP contribution is 2.11. The molecule has 1 aliphatic rings. The van der Waals surface area contributed by atoms with Crippen molar-refractivity contribution in [2.24, 2.45) is 0 Å². The van der Waals surface area contributed by atoms with Gasteiger partial charge in [0.15, 0.2) is 6.29 Å². The van der Waals surface area contributed by atoms with Crippen molar-refractivity contribution < 1.29 is 9.47 Å². The summed E-state index contributed by atoms with van der Waals surface area (Å²) in [6, 6.07) is 0. The van der Waals surface area contributed by atoms with Gasteiger partial charge in [0, 0.05) is 6.42 Å². The lowest BCUT2D eigenvalue weighted by Crippen LogP contribution is -2.28. The van der Waals surface area contributed by atoms with E-state index in [0.717, 1.165) is 13.0 Å². The van der Waals surface area contributed by atoms with Crippen LogP contribution in [0.4, 0.5) is 0 Å². The van der Waals surface area contributed by atoms with Crippen molar-refractivity contribution >= 4 is 15.9 Å². The molecule has 2 nitrogen and oxygen atoms in total. The second kappa shape index (κ2) is 2.64. The summed E-state index contributed by atoms with van der Waals surface area (Å²) in [5.74, 6) is 0. The van der Waals surface area contributed by atoms with Gasteiger partial charge in [-0.2, -0.15) is 0 Å². The first-order valence-electron chi connectivity index (χ1n) is 2.22. The van der Waals surface area contributed by atoms with Crippen molar-refractivity contribution in [3.8, 4) is 0 Å². The highest BCUT2D eigenvalue weighted by molar-refractivity contribution is 9.09. The van der Waals surface area contributed by atoms with E-state index in [9.17, 15) is 0 Å². The van der Waals surface area contributed by atoms with Crippen molar-refractivity contribution in [1.29, 1.82) is 0 Å². The molecule has 0 aromatic carbocycles. The van der Waals surface area contributed by atoms with E-state index in [1.807, 2.05) is 0 Å². The summed E-state index contributed by atoms with van der Waals surface area (Å²) < 4.78 is 9.89. The lowest BCUT2D eigenvalue weighted by Gasteiger charge is -2.24. The number of rotatable bonds is 2. The Labute approximate surface area is 50.9 Å². The van der Waals surface area contributed by atoms with Gasteiger partial charge in [-0.15, -0.1) is 0 Å². The van der Waals surface area contributed by atoms with Gasteiger partial charge in [0.05, 0.1) is 6.61 Å². The molecule has 1 saturated heterocycles. The molecule has 1 fully saturated rings. The van der Waals surface area contributed by atoms with E-state index in [1.54, 1.807) is 0 Å². The van der Waals surface area contributed by atoms with Crippen LogP contribution in [-0.2, 0) is 9.47 Å². The van der Waals surface area contributed by atoms with Crippen LogP contribution >= 0.6 is 15.9 Å². The number of alkyl halides is 1. The zero-order chi connectivity index (χ0) is 5.11. The first-order valence-corrected chi connectivity index (χ1v) is 3.35. The largest absolute Gasteiger partial charge is 0.352 e. The molecule has 0 bridgehead atoms. The summed E-state index contributed by atoms with van der Waals surface area (Å²) in [6.07, 6.45) is 1.13. The van der Waals surface area contributed by atoms with Crippen molar-refractivity contribution in [3.05, 3.63) is 0 Å². The quantitative estimate of drug-likeness (QED) is 0.573. The van der Waals surface area contributed by atoms with Crippen molar-refractivity contribution in [2.75, 3.05) is 12.1 Å². The Morgan fingerprint density at radius 1 is 1.86 bits per heavy atom. The summed E-state index contributed by atoms with van der Waals surface area (Å²) in [4.78, 5) is 0. The number of halogens is 1. The molecule has 0 aromatic rings. The summed E-state index contributed by atoms with van der Waals surface area (Å²) >= 11 is 3.12. The fraction of sp³-hybridized carbons (Fsp3) is 1.00. The zero-order valence-corrected chi connectivity index (χ0v) is 5.48.